The quantitative estimate of drug-likeness (QED) is 0.805. The summed E-state index contributed by atoms with van der Waals surface area (Å²) in [5.74, 6) is 0.811. The zero-order valence-corrected chi connectivity index (χ0v) is 12.9. The molecule has 0 spiro atoms. The fraction of sp³-hybridized carbons (Fsp3) is 0.235. The van der Waals surface area contributed by atoms with Crippen LogP contribution in [-0.2, 0) is 11.2 Å². The van der Waals surface area contributed by atoms with Crippen LogP contribution in [0.4, 0.5) is 5.69 Å². The first-order valence-electron chi connectivity index (χ1n) is 7.03. The molecular weight excluding hydrogens is 280 g/mol. The van der Waals surface area contributed by atoms with Gasteiger partial charge in [0.05, 0.1) is 11.7 Å². The van der Waals surface area contributed by atoms with Crippen LogP contribution in [0.3, 0.4) is 0 Å². The standard InChI is InChI=1S/C17H20N2OS/c1-2-21-16-11-7-6-10-15(16)19-17(20)14(18)12-13-8-4-3-5-9-13/h3-11,14H,2,12,18H2,1H3,(H,19,20). The van der Waals surface area contributed by atoms with Gasteiger partial charge in [-0.25, -0.2) is 0 Å². The number of rotatable bonds is 6. The fourth-order valence-electron chi connectivity index (χ4n) is 2.04. The summed E-state index contributed by atoms with van der Waals surface area (Å²) in [5.41, 5.74) is 7.90. The predicted octanol–water partition coefficient (Wildman–Crippen LogP) is 3.31. The molecule has 0 fully saturated rings. The first kappa shape index (κ1) is 15.6. The van der Waals surface area contributed by atoms with Crippen LogP contribution in [0.15, 0.2) is 59.5 Å². The number of nitrogens with one attached hydrogen (secondary N) is 1. The van der Waals surface area contributed by atoms with E-state index in [1.54, 1.807) is 11.8 Å². The average molecular weight is 300 g/mol. The lowest BCUT2D eigenvalue weighted by Gasteiger charge is -2.14. The molecule has 0 heterocycles. The molecule has 0 aromatic heterocycles. The highest BCUT2D eigenvalue weighted by Gasteiger charge is 2.15. The topological polar surface area (TPSA) is 55.1 Å². The summed E-state index contributed by atoms with van der Waals surface area (Å²) < 4.78 is 0. The molecule has 2 rings (SSSR count). The third-order valence-corrected chi connectivity index (χ3v) is 4.04. The van der Waals surface area contributed by atoms with Gasteiger partial charge in [-0.05, 0) is 29.9 Å². The molecular formula is C17H20N2OS. The summed E-state index contributed by atoms with van der Waals surface area (Å²) in [6.45, 7) is 2.09. The van der Waals surface area contributed by atoms with Gasteiger partial charge in [0.25, 0.3) is 0 Å². The molecule has 110 valence electrons. The minimum atomic E-state index is -0.549. The Morgan fingerprint density at radius 2 is 1.81 bits per heavy atom. The molecule has 1 unspecified atom stereocenters. The van der Waals surface area contributed by atoms with Crippen LogP contribution in [0, 0.1) is 0 Å². The molecule has 1 atom stereocenters. The molecule has 3 nitrogen and oxygen atoms in total. The Hall–Kier alpha value is -1.78. The highest BCUT2D eigenvalue weighted by atomic mass is 32.2. The Morgan fingerprint density at radius 3 is 2.52 bits per heavy atom. The number of hydrogen-bond acceptors (Lipinski definition) is 3. The van der Waals surface area contributed by atoms with Crippen molar-refractivity contribution in [2.45, 2.75) is 24.3 Å². The zero-order chi connectivity index (χ0) is 15.1. The second-order valence-corrected chi connectivity index (χ2v) is 6.02. The summed E-state index contributed by atoms with van der Waals surface area (Å²) in [6, 6.07) is 17.1. The summed E-state index contributed by atoms with van der Waals surface area (Å²) in [5, 5.41) is 2.93. The second kappa shape index (κ2) is 7.86. The third-order valence-electron chi connectivity index (χ3n) is 3.08. The molecule has 0 aliphatic carbocycles. The minimum Gasteiger partial charge on any atom is -0.324 e. The lowest BCUT2D eigenvalue weighted by atomic mass is 10.1. The van der Waals surface area contributed by atoms with Crippen molar-refractivity contribution < 1.29 is 4.79 Å². The van der Waals surface area contributed by atoms with Crippen molar-refractivity contribution in [2.75, 3.05) is 11.1 Å². The summed E-state index contributed by atoms with van der Waals surface area (Å²) in [7, 11) is 0. The van der Waals surface area contributed by atoms with Crippen molar-refractivity contribution in [1.82, 2.24) is 0 Å². The van der Waals surface area contributed by atoms with E-state index in [0.717, 1.165) is 21.9 Å². The molecule has 2 aromatic rings. The number of amides is 1. The van der Waals surface area contributed by atoms with E-state index in [0.29, 0.717) is 6.42 Å². The fourth-order valence-corrected chi connectivity index (χ4v) is 2.80. The number of anilines is 1. The number of carbonyl (C=O) groups is 1. The zero-order valence-electron chi connectivity index (χ0n) is 12.1. The van der Waals surface area contributed by atoms with Crippen LogP contribution in [0.2, 0.25) is 0 Å². The van der Waals surface area contributed by atoms with Crippen LogP contribution in [0.1, 0.15) is 12.5 Å². The van der Waals surface area contributed by atoms with Gasteiger partial charge in [0.1, 0.15) is 0 Å². The smallest absolute Gasteiger partial charge is 0.241 e. The number of nitrogens with two attached hydrogens (primary N) is 1. The van der Waals surface area contributed by atoms with E-state index < -0.39 is 6.04 Å². The van der Waals surface area contributed by atoms with Crippen LogP contribution >= 0.6 is 11.8 Å². The Labute approximate surface area is 129 Å². The Bertz CT molecular complexity index is 586. The average Bonchev–Trinajstić information content (AvgIpc) is 2.50. The van der Waals surface area contributed by atoms with Gasteiger partial charge in [-0.1, -0.05) is 49.4 Å². The van der Waals surface area contributed by atoms with Gasteiger partial charge in [0, 0.05) is 4.90 Å². The largest absolute Gasteiger partial charge is 0.324 e. The normalized spacial score (nSPS) is 11.9. The maximum Gasteiger partial charge on any atom is 0.241 e. The third kappa shape index (κ3) is 4.62. The van der Waals surface area contributed by atoms with Crippen molar-refractivity contribution in [3.63, 3.8) is 0 Å². The number of benzene rings is 2. The molecule has 0 bridgehead atoms. The van der Waals surface area contributed by atoms with Crippen LogP contribution in [0.25, 0.3) is 0 Å². The molecule has 0 saturated heterocycles. The first-order valence-corrected chi connectivity index (χ1v) is 8.01. The van der Waals surface area contributed by atoms with Crippen molar-refractivity contribution in [1.29, 1.82) is 0 Å². The van der Waals surface area contributed by atoms with Crippen LogP contribution in [0.5, 0.6) is 0 Å². The molecule has 0 saturated carbocycles. The summed E-state index contributed by atoms with van der Waals surface area (Å²) >= 11 is 1.70. The summed E-state index contributed by atoms with van der Waals surface area (Å²) in [6.07, 6.45) is 0.537. The van der Waals surface area contributed by atoms with E-state index in [-0.39, 0.29) is 5.91 Å². The maximum atomic E-state index is 12.2. The molecule has 2 aromatic carbocycles. The van der Waals surface area contributed by atoms with Crippen molar-refractivity contribution in [3.8, 4) is 0 Å². The van der Waals surface area contributed by atoms with Crippen LogP contribution in [-0.4, -0.2) is 17.7 Å². The number of thioether (sulfide) groups is 1. The van der Waals surface area contributed by atoms with Crippen molar-refractivity contribution in [2.24, 2.45) is 5.73 Å². The monoisotopic (exact) mass is 300 g/mol. The lowest BCUT2D eigenvalue weighted by molar-refractivity contribution is -0.117. The van der Waals surface area contributed by atoms with E-state index in [2.05, 4.69) is 12.2 Å². The van der Waals surface area contributed by atoms with Gasteiger partial charge in [-0.2, -0.15) is 0 Å². The lowest BCUT2D eigenvalue weighted by Crippen LogP contribution is -2.37. The Kier molecular flexibility index (Phi) is 5.84. The molecule has 0 radical (unpaired) electrons. The summed E-state index contributed by atoms with van der Waals surface area (Å²) in [4.78, 5) is 13.3. The highest BCUT2D eigenvalue weighted by molar-refractivity contribution is 7.99. The van der Waals surface area contributed by atoms with Crippen LogP contribution < -0.4 is 11.1 Å². The van der Waals surface area contributed by atoms with E-state index in [1.165, 1.54) is 0 Å². The first-order chi connectivity index (χ1) is 10.2. The number of para-hydroxylation sites is 1. The van der Waals surface area contributed by atoms with Gasteiger partial charge in [-0.3, -0.25) is 4.79 Å². The van der Waals surface area contributed by atoms with Crippen molar-refractivity contribution in [3.05, 3.63) is 60.2 Å². The Morgan fingerprint density at radius 1 is 1.14 bits per heavy atom. The van der Waals surface area contributed by atoms with E-state index in [4.69, 9.17) is 5.73 Å². The van der Waals surface area contributed by atoms with E-state index in [9.17, 15) is 4.79 Å². The van der Waals surface area contributed by atoms with Gasteiger partial charge in [0.15, 0.2) is 0 Å². The number of carbonyl (C=O) groups excluding carboxylic acids is 1. The molecule has 0 aliphatic heterocycles. The molecule has 1 amide bonds. The SMILES string of the molecule is CCSc1ccccc1NC(=O)C(N)Cc1ccccc1. The molecule has 4 heteroatoms. The second-order valence-electron chi connectivity index (χ2n) is 4.71. The highest BCUT2D eigenvalue weighted by Crippen LogP contribution is 2.26. The van der Waals surface area contributed by atoms with E-state index >= 15 is 0 Å². The number of hydrogen-bond donors (Lipinski definition) is 2. The van der Waals surface area contributed by atoms with Crippen molar-refractivity contribution >= 4 is 23.4 Å². The van der Waals surface area contributed by atoms with Gasteiger partial charge < -0.3 is 11.1 Å². The van der Waals surface area contributed by atoms with E-state index in [1.807, 2.05) is 54.6 Å². The molecule has 0 aliphatic rings. The van der Waals surface area contributed by atoms with Gasteiger partial charge in [0.2, 0.25) is 5.91 Å². The van der Waals surface area contributed by atoms with Gasteiger partial charge in [-0.15, -0.1) is 11.8 Å². The van der Waals surface area contributed by atoms with Gasteiger partial charge >= 0.3 is 0 Å². The Balaban J connectivity index is 2.01. The molecule has 21 heavy (non-hydrogen) atoms. The maximum absolute atomic E-state index is 12.2. The molecule has 3 N–H and O–H groups in total. The predicted molar refractivity (Wildman–Crippen MR) is 89.6 cm³/mol. The minimum absolute atomic E-state index is 0.150.